The molecule has 5 nitrogen and oxygen atoms in total. The maximum absolute atomic E-state index is 6.22. The zero-order chi connectivity index (χ0) is 21.0. The molecule has 5 rings (SSSR count). The molecule has 2 aliphatic rings. The van der Waals surface area contributed by atoms with E-state index in [9.17, 15) is 0 Å². The fourth-order valence-corrected chi connectivity index (χ4v) is 5.27. The fraction of sp³-hybridized carbons (Fsp3) is 0.440. The summed E-state index contributed by atoms with van der Waals surface area (Å²) in [6.45, 7) is 4.25. The molecule has 0 amide bonds. The van der Waals surface area contributed by atoms with Crippen LogP contribution in [0.1, 0.15) is 49.6 Å². The van der Waals surface area contributed by atoms with Gasteiger partial charge < -0.3 is 4.42 Å². The van der Waals surface area contributed by atoms with Crippen molar-refractivity contribution in [3.05, 3.63) is 70.5 Å². The van der Waals surface area contributed by atoms with Gasteiger partial charge in [0.2, 0.25) is 11.8 Å². The minimum Gasteiger partial charge on any atom is -0.419 e. The lowest BCUT2D eigenvalue weighted by Crippen LogP contribution is -2.51. The molecule has 1 saturated heterocycles. The number of halogens is 1. The van der Waals surface area contributed by atoms with E-state index < -0.39 is 0 Å². The van der Waals surface area contributed by atoms with Crippen molar-refractivity contribution in [3.63, 3.8) is 0 Å². The van der Waals surface area contributed by atoms with Crippen LogP contribution in [0.5, 0.6) is 0 Å². The highest BCUT2D eigenvalue weighted by atomic mass is 79.9. The van der Waals surface area contributed by atoms with Gasteiger partial charge in [0.1, 0.15) is 6.04 Å². The van der Waals surface area contributed by atoms with Crippen molar-refractivity contribution >= 4 is 15.9 Å². The van der Waals surface area contributed by atoms with Crippen molar-refractivity contribution < 1.29 is 4.42 Å². The SMILES string of the molecule is Brc1ccc([C@@H](c2nnc(-c3ccccc3)o2)N2CCN(C3CCCCC3)CC2)cc1. The Morgan fingerprint density at radius 1 is 0.839 bits per heavy atom. The van der Waals surface area contributed by atoms with Crippen molar-refractivity contribution in [1.29, 1.82) is 0 Å². The maximum atomic E-state index is 6.22. The molecule has 0 spiro atoms. The molecule has 2 aromatic carbocycles. The molecule has 1 aromatic heterocycles. The van der Waals surface area contributed by atoms with Gasteiger partial charge in [-0.1, -0.05) is 65.5 Å². The van der Waals surface area contributed by atoms with Crippen LogP contribution < -0.4 is 0 Å². The summed E-state index contributed by atoms with van der Waals surface area (Å²) in [7, 11) is 0. The summed E-state index contributed by atoms with van der Waals surface area (Å²) in [6, 6.07) is 19.3. The van der Waals surface area contributed by atoms with Crippen molar-refractivity contribution in [3.8, 4) is 11.5 Å². The lowest BCUT2D eigenvalue weighted by Gasteiger charge is -2.42. The molecule has 162 valence electrons. The van der Waals surface area contributed by atoms with Crippen LogP contribution in [-0.4, -0.2) is 52.2 Å². The van der Waals surface area contributed by atoms with E-state index in [0.717, 1.165) is 42.3 Å². The summed E-state index contributed by atoms with van der Waals surface area (Å²) < 4.78 is 7.30. The summed E-state index contributed by atoms with van der Waals surface area (Å²) in [5.41, 5.74) is 2.15. The Kier molecular flexibility index (Phi) is 6.48. The molecule has 0 radical (unpaired) electrons. The molecule has 31 heavy (non-hydrogen) atoms. The van der Waals surface area contributed by atoms with Crippen molar-refractivity contribution in [2.24, 2.45) is 0 Å². The maximum Gasteiger partial charge on any atom is 0.247 e. The molecule has 0 unspecified atom stereocenters. The van der Waals surface area contributed by atoms with Gasteiger partial charge in [0.25, 0.3) is 0 Å². The molecule has 1 aliphatic heterocycles. The van der Waals surface area contributed by atoms with E-state index in [4.69, 9.17) is 4.42 Å². The number of piperazine rings is 1. The second kappa shape index (κ2) is 9.63. The molecular weight excluding hydrogens is 452 g/mol. The van der Waals surface area contributed by atoms with Crippen LogP contribution in [0.4, 0.5) is 0 Å². The number of aromatic nitrogens is 2. The topological polar surface area (TPSA) is 45.4 Å². The predicted molar refractivity (Wildman–Crippen MR) is 126 cm³/mol. The normalized spacial score (nSPS) is 20.0. The van der Waals surface area contributed by atoms with Gasteiger partial charge in [-0.05, 0) is 42.7 Å². The quantitative estimate of drug-likeness (QED) is 0.479. The minimum atomic E-state index is -0.0217. The van der Waals surface area contributed by atoms with E-state index in [1.807, 2.05) is 30.3 Å². The number of hydrogen-bond donors (Lipinski definition) is 0. The Bertz CT molecular complexity index is 961. The van der Waals surface area contributed by atoms with Gasteiger partial charge in [-0.25, -0.2) is 0 Å². The first-order valence-corrected chi connectivity index (χ1v) is 12.2. The Labute approximate surface area is 192 Å². The number of nitrogens with zero attached hydrogens (tertiary/aromatic N) is 4. The highest BCUT2D eigenvalue weighted by Crippen LogP contribution is 2.32. The molecule has 3 aromatic rings. The Hall–Kier alpha value is -2.02. The van der Waals surface area contributed by atoms with Crippen LogP contribution in [0.15, 0.2) is 63.5 Å². The van der Waals surface area contributed by atoms with Crippen LogP contribution in [0.2, 0.25) is 0 Å². The molecule has 2 fully saturated rings. The molecule has 2 heterocycles. The van der Waals surface area contributed by atoms with Crippen molar-refractivity contribution in [2.45, 2.75) is 44.2 Å². The molecule has 1 atom stereocenters. The summed E-state index contributed by atoms with van der Waals surface area (Å²) in [6.07, 6.45) is 6.90. The number of benzene rings is 2. The number of rotatable bonds is 5. The standard InChI is InChI=1S/C25H29BrN4O/c26-21-13-11-19(12-14-21)23(25-28-27-24(31-25)20-7-3-1-4-8-20)30-17-15-29(16-18-30)22-9-5-2-6-10-22/h1,3-4,7-8,11-14,22-23H,2,5-6,9-10,15-18H2/t23-/m0/s1. The van der Waals surface area contributed by atoms with Crippen LogP contribution >= 0.6 is 15.9 Å². The van der Waals surface area contributed by atoms with Crippen LogP contribution in [-0.2, 0) is 0 Å². The Morgan fingerprint density at radius 2 is 1.55 bits per heavy atom. The third-order valence-electron chi connectivity index (χ3n) is 6.69. The van der Waals surface area contributed by atoms with Crippen molar-refractivity contribution in [1.82, 2.24) is 20.0 Å². The van der Waals surface area contributed by atoms with E-state index in [-0.39, 0.29) is 6.04 Å². The van der Waals surface area contributed by atoms with E-state index in [1.54, 1.807) is 0 Å². The van der Waals surface area contributed by atoms with E-state index in [1.165, 1.54) is 37.7 Å². The first-order chi connectivity index (χ1) is 15.3. The van der Waals surface area contributed by atoms with Crippen LogP contribution in [0.3, 0.4) is 0 Å². The van der Waals surface area contributed by atoms with Crippen LogP contribution in [0, 0.1) is 0 Å². The second-order valence-electron chi connectivity index (χ2n) is 8.63. The average Bonchev–Trinajstić information content (AvgIpc) is 3.32. The lowest BCUT2D eigenvalue weighted by atomic mass is 9.93. The van der Waals surface area contributed by atoms with E-state index in [2.05, 4.69) is 60.2 Å². The zero-order valence-corrected chi connectivity index (χ0v) is 19.4. The largest absolute Gasteiger partial charge is 0.419 e. The average molecular weight is 481 g/mol. The monoisotopic (exact) mass is 480 g/mol. The van der Waals surface area contributed by atoms with Crippen LogP contribution in [0.25, 0.3) is 11.5 Å². The molecule has 1 saturated carbocycles. The van der Waals surface area contributed by atoms with Gasteiger partial charge in [-0.15, -0.1) is 10.2 Å². The molecule has 0 bridgehead atoms. The smallest absolute Gasteiger partial charge is 0.247 e. The Balaban J connectivity index is 1.38. The highest BCUT2D eigenvalue weighted by Gasteiger charge is 2.32. The highest BCUT2D eigenvalue weighted by molar-refractivity contribution is 9.10. The summed E-state index contributed by atoms with van der Waals surface area (Å²) >= 11 is 3.56. The predicted octanol–water partition coefficient (Wildman–Crippen LogP) is 5.54. The Morgan fingerprint density at radius 3 is 2.26 bits per heavy atom. The van der Waals surface area contributed by atoms with E-state index in [0.29, 0.717) is 11.8 Å². The van der Waals surface area contributed by atoms with Gasteiger partial charge in [-0.3, -0.25) is 9.80 Å². The van der Waals surface area contributed by atoms with Gasteiger partial charge in [0.15, 0.2) is 0 Å². The third-order valence-corrected chi connectivity index (χ3v) is 7.21. The first-order valence-electron chi connectivity index (χ1n) is 11.4. The van der Waals surface area contributed by atoms with E-state index >= 15 is 0 Å². The van der Waals surface area contributed by atoms with Gasteiger partial charge in [0, 0.05) is 42.3 Å². The molecule has 1 aliphatic carbocycles. The summed E-state index contributed by atoms with van der Waals surface area (Å²) in [5.74, 6) is 1.26. The summed E-state index contributed by atoms with van der Waals surface area (Å²) in [5, 5.41) is 8.86. The summed E-state index contributed by atoms with van der Waals surface area (Å²) in [4.78, 5) is 5.21. The first kappa shape index (κ1) is 20.9. The number of hydrogen-bond acceptors (Lipinski definition) is 5. The van der Waals surface area contributed by atoms with Gasteiger partial charge in [-0.2, -0.15) is 0 Å². The molecule has 6 heteroatoms. The van der Waals surface area contributed by atoms with Crippen molar-refractivity contribution in [2.75, 3.05) is 26.2 Å². The second-order valence-corrected chi connectivity index (χ2v) is 9.55. The molecule has 0 N–H and O–H groups in total. The zero-order valence-electron chi connectivity index (χ0n) is 17.8. The third kappa shape index (κ3) is 4.76. The lowest BCUT2D eigenvalue weighted by molar-refractivity contribution is 0.0590. The van der Waals surface area contributed by atoms with Gasteiger partial charge in [0.05, 0.1) is 0 Å². The van der Waals surface area contributed by atoms with Gasteiger partial charge >= 0.3 is 0 Å². The fourth-order valence-electron chi connectivity index (χ4n) is 5.00. The minimum absolute atomic E-state index is 0.0217. The molecular formula is C25H29BrN4O.